The zero-order valence-electron chi connectivity index (χ0n) is 13.5. The van der Waals surface area contributed by atoms with Crippen LogP contribution in [0.4, 0.5) is 8.78 Å². The van der Waals surface area contributed by atoms with Crippen molar-refractivity contribution in [1.29, 1.82) is 0 Å². The highest BCUT2D eigenvalue weighted by Gasteiger charge is 2.57. The van der Waals surface area contributed by atoms with Crippen molar-refractivity contribution in [2.24, 2.45) is 5.92 Å². The largest absolute Gasteiger partial charge is 0.490 e. The molecule has 0 bridgehead atoms. The molecule has 2 aromatic rings. The van der Waals surface area contributed by atoms with Gasteiger partial charge in [-0.25, -0.2) is 8.78 Å². The van der Waals surface area contributed by atoms with Crippen LogP contribution in [-0.4, -0.2) is 25.1 Å². The van der Waals surface area contributed by atoms with Gasteiger partial charge in [-0.15, -0.1) is 0 Å². The van der Waals surface area contributed by atoms with Crippen molar-refractivity contribution in [3.8, 4) is 17.2 Å². The predicted molar refractivity (Wildman–Crippen MR) is 87.1 cm³/mol. The van der Waals surface area contributed by atoms with Crippen molar-refractivity contribution in [1.82, 2.24) is 0 Å². The molecule has 1 unspecified atom stereocenters. The fourth-order valence-corrected chi connectivity index (χ4v) is 2.29. The number of para-hydroxylation sites is 1. The first kappa shape index (κ1) is 17.2. The first-order valence-electron chi connectivity index (χ1n) is 8.02. The molecule has 6 heteroatoms. The molecule has 1 fully saturated rings. The Morgan fingerprint density at radius 2 is 1.56 bits per heavy atom. The number of rotatable bonds is 8. The van der Waals surface area contributed by atoms with E-state index in [1.54, 1.807) is 24.3 Å². The molecule has 0 heterocycles. The lowest BCUT2D eigenvalue weighted by molar-refractivity contribution is -0.145. The van der Waals surface area contributed by atoms with E-state index in [9.17, 15) is 13.6 Å². The first-order valence-corrected chi connectivity index (χ1v) is 8.02. The summed E-state index contributed by atoms with van der Waals surface area (Å²) in [5, 5.41) is 0. The maximum Gasteiger partial charge on any atom is 0.306 e. The average Bonchev–Trinajstić information content (AvgIpc) is 3.20. The van der Waals surface area contributed by atoms with E-state index < -0.39 is 17.8 Å². The first-order chi connectivity index (χ1) is 12.0. The van der Waals surface area contributed by atoms with Gasteiger partial charge in [0, 0.05) is 12.3 Å². The van der Waals surface area contributed by atoms with Crippen LogP contribution in [0.25, 0.3) is 0 Å². The molecule has 0 amide bonds. The maximum absolute atomic E-state index is 12.7. The molecule has 1 atom stereocenters. The Balaban J connectivity index is 1.35. The molecule has 0 saturated heterocycles. The number of ether oxygens (including phenoxy) is 3. The van der Waals surface area contributed by atoms with Crippen LogP contribution in [0.15, 0.2) is 54.6 Å². The highest BCUT2D eigenvalue weighted by molar-refractivity contribution is 5.70. The summed E-state index contributed by atoms with van der Waals surface area (Å²) in [7, 11) is 0. The van der Waals surface area contributed by atoms with Gasteiger partial charge in [-0.05, 0) is 36.4 Å². The number of halogens is 2. The van der Waals surface area contributed by atoms with Crippen LogP contribution in [0.3, 0.4) is 0 Å². The van der Waals surface area contributed by atoms with Crippen molar-refractivity contribution in [2.45, 2.75) is 18.8 Å². The van der Waals surface area contributed by atoms with E-state index >= 15 is 0 Å². The number of carbonyl (C=O) groups excluding carboxylic acids is 1. The molecule has 1 saturated carbocycles. The van der Waals surface area contributed by atoms with Crippen molar-refractivity contribution in [3.63, 3.8) is 0 Å². The average molecular weight is 348 g/mol. The minimum Gasteiger partial charge on any atom is -0.490 e. The van der Waals surface area contributed by atoms with Gasteiger partial charge in [-0.3, -0.25) is 4.79 Å². The third-order valence-corrected chi connectivity index (χ3v) is 3.79. The minimum atomic E-state index is -2.70. The molecule has 3 rings (SSSR count). The molecule has 0 radical (unpaired) electrons. The van der Waals surface area contributed by atoms with Crippen LogP contribution in [0.1, 0.15) is 12.8 Å². The molecular formula is C19H18F2O4. The van der Waals surface area contributed by atoms with Crippen molar-refractivity contribution >= 4 is 5.97 Å². The Hall–Kier alpha value is -2.63. The van der Waals surface area contributed by atoms with E-state index in [1.165, 1.54) is 0 Å². The van der Waals surface area contributed by atoms with Crippen molar-refractivity contribution in [2.75, 3.05) is 13.2 Å². The van der Waals surface area contributed by atoms with Gasteiger partial charge in [0.1, 0.15) is 30.5 Å². The van der Waals surface area contributed by atoms with Crippen LogP contribution in [0.5, 0.6) is 17.2 Å². The molecule has 25 heavy (non-hydrogen) atoms. The summed E-state index contributed by atoms with van der Waals surface area (Å²) in [6, 6.07) is 16.4. The van der Waals surface area contributed by atoms with Gasteiger partial charge in [-0.2, -0.15) is 0 Å². The summed E-state index contributed by atoms with van der Waals surface area (Å²) in [5.41, 5.74) is 0. The van der Waals surface area contributed by atoms with E-state index in [4.69, 9.17) is 14.2 Å². The molecule has 2 aromatic carbocycles. The molecule has 0 N–H and O–H groups in total. The van der Waals surface area contributed by atoms with Crippen molar-refractivity contribution < 1.29 is 27.8 Å². The maximum atomic E-state index is 12.7. The number of benzene rings is 2. The smallest absolute Gasteiger partial charge is 0.306 e. The second-order valence-electron chi connectivity index (χ2n) is 5.82. The Morgan fingerprint density at radius 3 is 2.20 bits per heavy atom. The summed E-state index contributed by atoms with van der Waals surface area (Å²) in [5.74, 6) is -2.15. The zero-order valence-corrected chi connectivity index (χ0v) is 13.5. The Kier molecular flexibility index (Phi) is 5.16. The van der Waals surface area contributed by atoms with Crippen molar-refractivity contribution in [3.05, 3.63) is 54.6 Å². The third-order valence-electron chi connectivity index (χ3n) is 3.79. The highest BCUT2D eigenvalue weighted by Crippen LogP contribution is 2.50. The molecule has 0 aromatic heterocycles. The molecule has 4 nitrogen and oxygen atoms in total. The van der Waals surface area contributed by atoms with Crippen LogP contribution >= 0.6 is 0 Å². The van der Waals surface area contributed by atoms with E-state index in [1.807, 2.05) is 30.3 Å². The van der Waals surface area contributed by atoms with Gasteiger partial charge in [0.05, 0.1) is 6.42 Å². The van der Waals surface area contributed by atoms with Gasteiger partial charge in [0.2, 0.25) is 0 Å². The molecule has 132 valence electrons. The Labute approximate surface area is 144 Å². The van der Waals surface area contributed by atoms with Gasteiger partial charge in [0.15, 0.2) is 0 Å². The topological polar surface area (TPSA) is 44.8 Å². The number of hydrogen-bond donors (Lipinski definition) is 0. The number of hydrogen-bond acceptors (Lipinski definition) is 4. The predicted octanol–water partition coefficient (Wildman–Crippen LogP) is 4.45. The van der Waals surface area contributed by atoms with Crippen LogP contribution in [0.2, 0.25) is 0 Å². The quantitative estimate of drug-likeness (QED) is 0.522. The summed E-state index contributed by atoms with van der Waals surface area (Å²) in [4.78, 5) is 11.4. The van der Waals surface area contributed by atoms with Gasteiger partial charge in [0.25, 0.3) is 5.92 Å². The molecular weight excluding hydrogens is 330 g/mol. The van der Waals surface area contributed by atoms with Gasteiger partial charge in [-0.1, -0.05) is 18.2 Å². The van der Waals surface area contributed by atoms with Crippen LogP contribution < -0.4 is 9.47 Å². The number of esters is 1. The Bertz CT molecular complexity index is 701. The zero-order chi connectivity index (χ0) is 17.7. The van der Waals surface area contributed by atoms with E-state index in [0.717, 1.165) is 5.75 Å². The lowest BCUT2D eigenvalue weighted by Gasteiger charge is -2.09. The van der Waals surface area contributed by atoms with E-state index in [2.05, 4.69) is 0 Å². The molecule has 0 aliphatic heterocycles. The molecule has 1 aliphatic carbocycles. The van der Waals surface area contributed by atoms with E-state index in [-0.39, 0.29) is 26.1 Å². The molecule has 0 spiro atoms. The standard InChI is InChI=1S/C19H18F2O4/c20-19(21)13-14(19)12-18(22)24-11-10-23-15-6-8-17(9-7-15)25-16-4-2-1-3-5-16/h1-9,14H,10-13H2. The lowest BCUT2D eigenvalue weighted by Crippen LogP contribution is -2.13. The fourth-order valence-electron chi connectivity index (χ4n) is 2.29. The highest BCUT2D eigenvalue weighted by atomic mass is 19.3. The summed E-state index contributed by atoms with van der Waals surface area (Å²) in [6.07, 6.45) is -0.464. The summed E-state index contributed by atoms with van der Waals surface area (Å²) in [6.45, 7) is 0.186. The monoisotopic (exact) mass is 348 g/mol. The summed E-state index contributed by atoms with van der Waals surface area (Å²) >= 11 is 0. The second kappa shape index (κ2) is 7.51. The minimum absolute atomic E-state index is 0.0272. The number of alkyl halides is 2. The SMILES string of the molecule is O=C(CC1CC1(F)F)OCCOc1ccc(Oc2ccccc2)cc1. The van der Waals surface area contributed by atoms with Gasteiger partial charge >= 0.3 is 5.97 Å². The third kappa shape index (κ3) is 5.17. The Morgan fingerprint density at radius 1 is 0.960 bits per heavy atom. The fraction of sp³-hybridized carbons (Fsp3) is 0.316. The number of carbonyl (C=O) groups is 1. The lowest BCUT2D eigenvalue weighted by atomic mass is 10.3. The second-order valence-corrected chi connectivity index (χ2v) is 5.82. The summed E-state index contributed by atoms with van der Waals surface area (Å²) < 4.78 is 41.4. The van der Waals surface area contributed by atoms with Crippen LogP contribution in [0, 0.1) is 5.92 Å². The van der Waals surface area contributed by atoms with E-state index in [0.29, 0.717) is 11.5 Å². The molecule has 1 aliphatic rings. The normalized spacial score (nSPS) is 17.6. The van der Waals surface area contributed by atoms with Gasteiger partial charge < -0.3 is 14.2 Å². The van der Waals surface area contributed by atoms with Crippen LogP contribution in [-0.2, 0) is 9.53 Å².